The summed E-state index contributed by atoms with van der Waals surface area (Å²) in [6.07, 6.45) is 2.13. The Labute approximate surface area is 163 Å². The highest BCUT2D eigenvalue weighted by Crippen LogP contribution is 2.32. The van der Waals surface area contributed by atoms with Crippen molar-refractivity contribution in [2.45, 2.75) is 19.1 Å². The zero-order valence-corrected chi connectivity index (χ0v) is 15.0. The number of hydrogen-bond acceptors (Lipinski definition) is 5. The summed E-state index contributed by atoms with van der Waals surface area (Å²) in [4.78, 5) is 45.2. The predicted octanol–water partition coefficient (Wildman–Crippen LogP) is 2.26. The number of benzene rings is 1. The fraction of sp³-hybridized carbons (Fsp3) is 0.278. The zero-order chi connectivity index (χ0) is 21.0. The van der Waals surface area contributed by atoms with Crippen molar-refractivity contribution in [3.63, 3.8) is 0 Å². The number of anilines is 1. The van der Waals surface area contributed by atoms with Crippen LogP contribution in [0.25, 0.3) is 0 Å². The number of aliphatic imine (C=N–C) groups is 1. The highest BCUT2D eigenvalue weighted by Gasteiger charge is 2.41. The maximum Gasteiger partial charge on any atom is 0.416 e. The van der Waals surface area contributed by atoms with E-state index in [0.717, 1.165) is 18.3 Å². The van der Waals surface area contributed by atoms with Crippen molar-refractivity contribution in [1.29, 1.82) is 0 Å². The number of rotatable bonds is 6. The lowest BCUT2D eigenvalue weighted by Crippen LogP contribution is -2.58. The molecule has 0 aliphatic carbocycles. The Morgan fingerprint density at radius 2 is 2.03 bits per heavy atom. The van der Waals surface area contributed by atoms with Gasteiger partial charge < -0.3 is 4.57 Å². The molecule has 1 N–H and O–H groups in total. The third-order valence-electron chi connectivity index (χ3n) is 4.15. The first-order valence-corrected chi connectivity index (χ1v) is 8.59. The van der Waals surface area contributed by atoms with Crippen LogP contribution in [0, 0.1) is 5.92 Å². The van der Waals surface area contributed by atoms with E-state index in [-0.39, 0.29) is 5.69 Å². The molecule has 1 fully saturated rings. The highest BCUT2D eigenvalue weighted by molar-refractivity contribution is 6.32. The molecule has 0 unspecified atom stereocenters. The number of nitrogens with one attached hydrogen (secondary N) is 1. The van der Waals surface area contributed by atoms with E-state index in [1.807, 2.05) is 9.88 Å². The number of hydrogen-bond donors (Lipinski definition) is 1. The Hall–Kier alpha value is -3.50. The number of aromatic nitrogens is 2. The van der Waals surface area contributed by atoms with E-state index < -0.39 is 35.5 Å². The molecule has 8 nitrogen and oxygen atoms in total. The number of imide groups is 2. The number of nitrogens with zero attached hydrogens (tertiary/aromatic N) is 4. The molecule has 1 aliphatic rings. The quantitative estimate of drug-likeness (QED) is 0.451. The summed E-state index contributed by atoms with van der Waals surface area (Å²) >= 11 is 0. The molecule has 0 saturated carbocycles. The summed E-state index contributed by atoms with van der Waals surface area (Å²) in [5.41, 5.74) is -1.30. The van der Waals surface area contributed by atoms with Crippen molar-refractivity contribution in [2.75, 3.05) is 11.4 Å². The van der Waals surface area contributed by atoms with Crippen LogP contribution in [0.4, 0.5) is 23.7 Å². The number of alkyl halides is 3. The largest absolute Gasteiger partial charge is 0.416 e. The first-order valence-electron chi connectivity index (χ1n) is 8.59. The maximum absolute atomic E-state index is 12.9. The molecule has 1 aromatic heterocycles. The Bertz CT molecular complexity index is 940. The summed E-state index contributed by atoms with van der Waals surface area (Å²) in [5, 5.41) is 1.97. The van der Waals surface area contributed by atoms with Gasteiger partial charge in [0, 0.05) is 31.7 Å². The zero-order valence-electron chi connectivity index (χ0n) is 15.0. The number of aryl methyl sites for hydroxylation is 1. The lowest BCUT2D eigenvalue weighted by Gasteiger charge is -2.28. The minimum atomic E-state index is -4.64. The van der Waals surface area contributed by atoms with Gasteiger partial charge >= 0.3 is 12.2 Å². The highest BCUT2D eigenvalue weighted by atomic mass is 19.4. The molecular weight excluding hydrogens is 391 g/mol. The second kappa shape index (κ2) is 8.25. The fourth-order valence-electron chi connectivity index (χ4n) is 2.73. The van der Waals surface area contributed by atoms with Gasteiger partial charge in [0.2, 0.25) is 5.91 Å². The lowest BCUT2D eigenvalue weighted by atomic mass is 10.1. The predicted molar refractivity (Wildman–Crippen MR) is 96.2 cm³/mol. The smallest absolute Gasteiger partial charge is 0.337 e. The molecule has 29 heavy (non-hydrogen) atoms. The van der Waals surface area contributed by atoms with Gasteiger partial charge in [-0.25, -0.2) is 14.7 Å². The van der Waals surface area contributed by atoms with Gasteiger partial charge in [-0.3, -0.25) is 19.9 Å². The average molecular weight is 407 g/mol. The maximum atomic E-state index is 12.9. The number of amides is 4. The Kier molecular flexibility index (Phi) is 5.76. The van der Waals surface area contributed by atoms with Crippen molar-refractivity contribution >= 4 is 29.7 Å². The van der Waals surface area contributed by atoms with Crippen LogP contribution < -0.4 is 10.2 Å². The molecule has 2 heterocycles. The van der Waals surface area contributed by atoms with Gasteiger partial charge in [0.25, 0.3) is 5.91 Å². The Balaban J connectivity index is 1.71. The van der Waals surface area contributed by atoms with Crippen LogP contribution in [-0.4, -0.2) is 40.2 Å². The standard InChI is InChI=1S/C18H16F3N5O3/c19-18(20,21)12-3-1-4-13(9-12)26-16(28)14(15(27)24-17(26)29)10-22-5-2-7-25-8-6-23-11-25/h1,3-4,6,8-11,14H,2,5,7H2,(H,24,27,29)/t14-/m0/s1. The van der Waals surface area contributed by atoms with Crippen LogP contribution in [0.15, 0.2) is 48.0 Å². The normalized spacial score (nSPS) is 17.8. The molecule has 3 rings (SSSR count). The number of barbiturate groups is 1. The summed E-state index contributed by atoms with van der Waals surface area (Å²) in [6.45, 7) is 0.948. The van der Waals surface area contributed by atoms with Crippen LogP contribution >= 0.6 is 0 Å². The van der Waals surface area contributed by atoms with E-state index in [1.54, 1.807) is 18.7 Å². The molecule has 1 aliphatic heterocycles. The van der Waals surface area contributed by atoms with Crippen LogP contribution in [0.2, 0.25) is 0 Å². The monoisotopic (exact) mass is 407 g/mol. The van der Waals surface area contributed by atoms with Crippen LogP contribution in [0.3, 0.4) is 0 Å². The first-order chi connectivity index (χ1) is 13.8. The van der Waals surface area contributed by atoms with E-state index >= 15 is 0 Å². The van der Waals surface area contributed by atoms with Crippen molar-refractivity contribution < 1.29 is 27.6 Å². The molecule has 152 valence electrons. The number of imidazole rings is 1. The van der Waals surface area contributed by atoms with Crippen molar-refractivity contribution in [2.24, 2.45) is 10.9 Å². The van der Waals surface area contributed by atoms with E-state index in [0.29, 0.717) is 30.5 Å². The number of urea groups is 1. The second-order valence-corrected chi connectivity index (χ2v) is 6.20. The SMILES string of the molecule is O=C1NC(=O)N(c2cccc(C(F)(F)F)c2)C(=O)[C@H]1C=NCCCn1ccnc1. The molecule has 0 bridgehead atoms. The van der Waals surface area contributed by atoms with Crippen LogP contribution in [0.1, 0.15) is 12.0 Å². The molecule has 1 atom stereocenters. The van der Waals surface area contributed by atoms with Gasteiger partial charge in [-0.15, -0.1) is 0 Å². The summed E-state index contributed by atoms with van der Waals surface area (Å²) in [5.74, 6) is -3.24. The number of halogens is 3. The van der Waals surface area contributed by atoms with E-state index in [2.05, 4.69) is 9.98 Å². The Morgan fingerprint density at radius 1 is 1.24 bits per heavy atom. The van der Waals surface area contributed by atoms with Gasteiger partial charge in [0.1, 0.15) is 0 Å². The summed E-state index contributed by atoms with van der Waals surface area (Å²) in [7, 11) is 0. The number of carbonyl (C=O) groups is 3. The van der Waals surface area contributed by atoms with Crippen LogP contribution in [-0.2, 0) is 22.3 Å². The van der Waals surface area contributed by atoms with Gasteiger partial charge in [0.05, 0.1) is 17.6 Å². The number of carbonyl (C=O) groups excluding carboxylic acids is 3. The molecule has 1 aromatic carbocycles. The van der Waals surface area contributed by atoms with Gasteiger partial charge in [-0.2, -0.15) is 13.2 Å². The van der Waals surface area contributed by atoms with E-state index in [1.165, 1.54) is 6.07 Å². The summed E-state index contributed by atoms with van der Waals surface area (Å²) in [6, 6.07) is 2.65. The molecular formula is C18H16F3N5O3. The topological polar surface area (TPSA) is 96.7 Å². The van der Waals surface area contributed by atoms with Crippen molar-refractivity contribution in [3.8, 4) is 0 Å². The van der Waals surface area contributed by atoms with Gasteiger partial charge in [-0.05, 0) is 24.6 Å². The lowest BCUT2D eigenvalue weighted by molar-refractivity contribution is -0.138. The average Bonchev–Trinajstić information content (AvgIpc) is 3.16. The first kappa shape index (κ1) is 20.2. The Morgan fingerprint density at radius 3 is 2.72 bits per heavy atom. The molecule has 0 spiro atoms. The fourth-order valence-corrected chi connectivity index (χ4v) is 2.73. The molecule has 1 saturated heterocycles. The van der Waals surface area contributed by atoms with Gasteiger partial charge in [-0.1, -0.05) is 6.07 Å². The third kappa shape index (κ3) is 4.68. The molecule has 4 amide bonds. The molecule has 11 heteroatoms. The molecule has 0 radical (unpaired) electrons. The minimum absolute atomic E-state index is 0.284. The second-order valence-electron chi connectivity index (χ2n) is 6.20. The summed E-state index contributed by atoms with van der Waals surface area (Å²) < 4.78 is 40.6. The van der Waals surface area contributed by atoms with E-state index in [4.69, 9.17) is 0 Å². The van der Waals surface area contributed by atoms with E-state index in [9.17, 15) is 27.6 Å². The van der Waals surface area contributed by atoms with Gasteiger partial charge in [0.15, 0.2) is 5.92 Å². The van der Waals surface area contributed by atoms with Crippen molar-refractivity contribution in [3.05, 3.63) is 48.5 Å². The third-order valence-corrected chi connectivity index (χ3v) is 4.15. The minimum Gasteiger partial charge on any atom is -0.337 e. The van der Waals surface area contributed by atoms with Crippen molar-refractivity contribution in [1.82, 2.24) is 14.9 Å². The van der Waals surface area contributed by atoms with Crippen LogP contribution in [0.5, 0.6) is 0 Å². The molecule has 2 aromatic rings.